The van der Waals surface area contributed by atoms with E-state index in [1.807, 2.05) is 0 Å². The average molecular weight is 394 g/mol. The molecule has 1 aliphatic rings. The molecule has 0 spiro atoms. The number of anilines is 1. The number of hydrogen-bond acceptors (Lipinski definition) is 3. The zero-order valence-corrected chi connectivity index (χ0v) is 16.0. The standard InChI is InChI=1S/C23H23FN2O3/c24-18-13-11-17(12-14-18)21(27)15-16-22(28)26(20-9-5-2-6-10-20)23(29)25-19-7-3-1-4-8-19/h2,5-6,9-16,19H,1,3-4,7-8H2,(H,25,29)/b16-15+. The maximum Gasteiger partial charge on any atom is 0.329 e. The van der Waals surface area contributed by atoms with Crippen molar-refractivity contribution in [3.8, 4) is 0 Å². The van der Waals surface area contributed by atoms with Gasteiger partial charge in [-0.05, 0) is 55.3 Å². The van der Waals surface area contributed by atoms with Crippen molar-refractivity contribution in [3.05, 3.63) is 78.1 Å². The largest absolute Gasteiger partial charge is 0.335 e. The van der Waals surface area contributed by atoms with Crippen LogP contribution < -0.4 is 10.2 Å². The molecule has 0 aliphatic heterocycles. The summed E-state index contributed by atoms with van der Waals surface area (Å²) in [7, 11) is 0. The zero-order chi connectivity index (χ0) is 20.6. The predicted octanol–water partition coefficient (Wildman–Crippen LogP) is 4.64. The van der Waals surface area contributed by atoms with Crippen molar-refractivity contribution in [3.63, 3.8) is 0 Å². The Morgan fingerprint density at radius 1 is 0.897 bits per heavy atom. The lowest BCUT2D eigenvalue weighted by atomic mass is 9.96. The van der Waals surface area contributed by atoms with E-state index in [-0.39, 0.29) is 11.6 Å². The van der Waals surface area contributed by atoms with Crippen molar-refractivity contribution < 1.29 is 18.8 Å². The van der Waals surface area contributed by atoms with E-state index >= 15 is 0 Å². The highest BCUT2D eigenvalue weighted by molar-refractivity contribution is 6.20. The van der Waals surface area contributed by atoms with Gasteiger partial charge in [-0.25, -0.2) is 14.1 Å². The highest BCUT2D eigenvalue weighted by atomic mass is 19.1. The first-order chi connectivity index (χ1) is 14.0. The molecule has 0 atom stereocenters. The molecule has 1 N–H and O–H groups in total. The molecular weight excluding hydrogens is 371 g/mol. The Morgan fingerprint density at radius 2 is 1.55 bits per heavy atom. The molecule has 5 nitrogen and oxygen atoms in total. The summed E-state index contributed by atoms with van der Waals surface area (Å²) in [6.45, 7) is 0. The van der Waals surface area contributed by atoms with Crippen molar-refractivity contribution in [2.24, 2.45) is 0 Å². The number of para-hydroxylation sites is 1. The molecule has 2 aromatic carbocycles. The Kier molecular flexibility index (Phi) is 6.89. The molecule has 29 heavy (non-hydrogen) atoms. The number of ketones is 1. The molecule has 0 radical (unpaired) electrons. The Labute approximate surface area is 169 Å². The molecule has 3 amide bonds. The van der Waals surface area contributed by atoms with Gasteiger partial charge in [-0.1, -0.05) is 37.5 Å². The Hall–Kier alpha value is -3.28. The first-order valence-corrected chi connectivity index (χ1v) is 9.72. The smallest absolute Gasteiger partial charge is 0.329 e. The molecule has 0 unspecified atom stereocenters. The van der Waals surface area contributed by atoms with Crippen molar-refractivity contribution in [1.82, 2.24) is 5.32 Å². The third-order valence-electron chi connectivity index (χ3n) is 4.88. The Morgan fingerprint density at radius 3 is 2.21 bits per heavy atom. The number of rotatable bonds is 5. The first-order valence-electron chi connectivity index (χ1n) is 9.72. The van der Waals surface area contributed by atoms with Gasteiger partial charge in [-0.3, -0.25) is 9.59 Å². The number of benzene rings is 2. The first kappa shape index (κ1) is 20.5. The molecule has 0 bridgehead atoms. The second kappa shape index (κ2) is 9.78. The summed E-state index contributed by atoms with van der Waals surface area (Å²) in [4.78, 5) is 38.9. The zero-order valence-electron chi connectivity index (χ0n) is 16.0. The van der Waals surface area contributed by atoms with Crippen LogP contribution in [0.25, 0.3) is 0 Å². The lowest BCUT2D eigenvalue weighted by Crippen LogP contribution is -2.48. The number of halogens is 1. The van der Waals surface area contributed by atoms with Gasteiger partial charge in [0.05, 0.1) is 5.69 Å². The van der Waals surface area contributed by atoms with Gasteiger partial charge in [0, 0.05) is 17.7 Å². The molecule has 150 valence electrons. The molecule has 1 aliphatic carbocycles. The van der Waals surface area contributed by atoms with Gasteiger partial charge >= 0.3 is 6.03 Å². The van der Waals surface area contributed by atoms with E-state index in [1.54, 1.807) is 30.3 Å². The summed E-state index contributed by atoms with van der Waals surface area (Å²) in [5, 5.41) is 2.93. The molecule has 2 aromatic rings. The van der Waals surface area contributed by atoms with Crippen LogP contribution in [0.3, 0.4) is 0 Å². The summed E-state index contributed by atoms with van der Waals surface area (Å²) >= 11 is 0. The van der Waals surface area contributed by atoms with Crippen molar-refractivity contribution in [2.75, 3.05) is 4.90 Å². The minimum absolute atomic E-state index is 0.0417. The lowest BCUT2D eigenvalue weighted by Gasteiger charge is -2.26. The van der Waals surface area contributed by atoms with Crippen molar-refractivity contribution in [1.29, 1.82) is 0 Å². The predicted molar refractivity (Wildman–Crippen MR) is 109 cm³/mol. The number of carbonyl (C=O) groups excluding carboxylic acids is 3. The number of carbonyl (C=O) groups is 3. The summed E-state index contributed by atoms with van der Waals surface area (Å²) in [5.74, 6) is -1.52. The van der Waals surface area contributed by atoms with E-state index in [9.17, 15) is 18.8 Å². The van der Waals surface area contributed by atoms with Crippen LogP contribution in [0.1, 0.15) is 42.5 Å². The van der Waals surface area contributed by atoms with E-state index in [0.29, 0.717) is 5.69 Å². The van der Waals surface area contributed by atoms with E-state index in [2.05, 4.69) is 5.32 Å². The number of nitrogens with one attached hydrogen (secondary N) is 1. The van der Waals surface area contributed by atoms with Gasteiger partial charge < -0.3 is 5.32 Å². The molecule has 1 fully saturated rings. The molecule has 1 saturated carbocycles. The van der Waals surface area contributed by atoms with Crippen LogP contribution in [-0.4, -0.2) is 23.8 Å². The van der Waals surface area contributed by atoms with E-state index < -0.39 is 23.5 Å². The second-order valence-electron chi connectivity index (χ2n) is 7.00. The van der Waals surface area contributed by atoms with Crippen molar-refractivity contribution >= 4 is 23.4 Å². The van der Waals surface area contributed by atoms with Gasteiger partial charge in [0.1, 0.15) is 5.82 Å². The third-order valence-corrected chi connectivity index (χ3v) is 4.88. The summed E-state index contributed by atoms with van der Waals surface area (Å²) in [5.41, 5.74) is 0.679. The molecular formula is C23H23FN2O3. The highest BCUT2D eigenvalue weighted by Gasteiger charge is 2.25. The number of urea groups is 1. The normalized spacial score (nSPS) is 14.5. The number of imide groups is 1. The van der Waals surface area contributed by atoms with E-state index in [0.717, 1.165) is 49.2 Å². The molecule has 6 heteroatoms. The van der Waals surface area contributed by atoms with Gasteiger partial charge in [0.2, 0.25) is 0 Å². The Bertz CT molecular complexity index is 888. The average Bonchev–Trinajstić information content (AvgIpc) is 2.74. The monoisotopic (exact) mass is 394 g/mol. The summed E-state index contributed by atoms with van der Waals surface area (Å²) < 4.78 is 13.0. The number of nitrogens with zero attached hydrogens (tertiary/aromatic N) is 1. The number of amides is 3. The van der Waals surface area contributed by atoms with Crippen LogP contribution in [0, 0.1) is 5.82 Å². The maximum atomic E-state index is 13.0. The fraction of sp³-hybridized carbons (Fsp3) is 0.261. The number of hydrogen-bond donors (Lipinski definition) is 1. The van der Waals surface area contributed by atoms with E-state index in [1.165, 1.54) is 24.3 Å². The van der Waals surface area contributed by atoms with E-state index in [4.69, 9.17) is 0 Å². The minimum atomic E-state index is -0.625. The maximum absolute atomic E-state index is 13.0. The lowest BCUT2D eigenvalue weighted by molar-refractivity contribution is -0.113. The van der Waals surface area contributed by atoms with Crippen LogP contribution in [0.2, 0.25) is 0 Å². The second-order valence-corrected chi connectivity index (χ2v) is 7.00. The van der Waals surface area contributed by atoms with Crippen LogP contribution in [0.4, 0.5) is 14.9 Å². The van der Waals surface area contributed by atoms with Gasteiger partial charge in [0.15, 0.2) is 5.78 Å². The van der Waals surface area contributed by atoms with Crippen LogP contribution in [-0.2, 0) is 4.79 Å². The van der Waals surface area contributed by atoms with Crippen LogP contribution >= 0.6 is 0 Å². The quantitative estimate of drug-likeness (QED) is 0.593. The van der Waals surface area contributed by atoms with Crippen molar-refractivity contribution in [2.45, 2.75) is 38.1 Å². The molecule has 3 rings (SSSR count). The Balaban J connectivity index is 1.76. The fourth-order valence-electron chi connectivity index (χ4n) is 3.34. The third kappa shape index (κ3) is 5.60. The van der Waals surface area contributed by atoms with Crippen LogP contribution in [0.15, 0.2) is 66.7 Å². The SMILES string of the molecule is O=C(/C=C/C(=O)N(C(=O)NC1CCCCC1)c1ccccc1)c1ccc(F)cc1. The van der Waals surface area contributed by atoms with Gasteiger partial charge in [-0.2, -0.15) is 0 Å². The van der Waals surface area contributed by atoms with Crippen LogP contribution in [0.5, 0.6) is 0 Å². The highest BCUT2D eigenvalue weighted by Crippen LogP contribution is 2.19. The van der Waals surface area contributed by atoms with Gasteiger partial charge in [-0.15, -0.1) is 0 Å². The summed E-state index contributed by atoms with van der Waals surface area (Å²) in [6.07, 6.45) is 7.20. The fourth-order valence-corrected chi connectivity index (χ4v) is 3.34. The topological polar surface area (TPSA) is 66.5 Å². The minimum Gasteiger partial charge on any atom is -0.335 e. The summed E-state index contributed by atoms with van der Waals surface area (Å²) in [6, 6.07) is 13.2. The number of allylic oxidation sites excluding steroid dienone is 1. The molecule has 0 heterocycles. The van der Waals surface area contributed by atoms with Gasteiger partial charge in [0.25, 0.3) is 5.91 Å². The molecule has 0 saturated heterocycles. The molecule has 0 aromatic heterocycles.